The largest absolute Gasteiger partial charge is 0.389 e. The monoisotopic (exact) mass is 201 g/mol. The summed E-state index contributed by atoms with van der Waals surface area (Å²) in [5.74, 6) is 0.614. The molecule has 1 aliphatic heterocycles. The van der Waals surface area contributed by atoms with Crippen molar-refractivity contribution < 1.29 is 9.84 Å². The molecule has 84 valence electrons. The number of aliphatic hydroxyl groups is 1. The van der Waals surface area contributed by atoms with Crippen LogP contribution < -0.4 is 5.32 Å². The van der Waals surface area contributed by atoms with E-state index in [1.165, 1.54) is 0 Å². The fraction of sp³-hybridized carbons (Fsp3) is 1.00. The first kappa shape index (κ1) is 12.0. The molecule has 0 radical (unpaired) electrons. The summed E-state index contributed by atoms with van der Waals surface area (Å²) in [6.45, 7) is 8.51. The molecule has 0 spiro atoms. The maximum atomic E-state index is 9.77. The topological polar surface area (TPSA) is 41.5 Å². The molecule has 1 aliphatic rings. The van der Waals surface area contributed by atoms with E-state index in [-0.39, 0.29) is 0 Å². The first-order valence-corrected chi connectivity index (χ1v) is 5.60. The van der Waals surface area contributed by atoms with Gasteiger partial charge in [0.05, 0.1) is 11.7 Å². The Hall–Kier alpha value is -0.120. The molecule has 1 heterocycles. The number of nitrogens with one attached hydrogen (secondary N) is 1. The van der Waals surface area contributed by atoms with Crippen molar-refractivity contribution in [3.8, 4) is 0 Å². The molecule has 0 bridgehead atoms. The van der Waals surface area contributed by atoms with Gasteiger partial charge in [0.25, 0.3) is 0 Å². The van der Waals surface area contributed by atoms with Gasteiger partial charge in [-0.3, -0.25) is 0 Å². The lowest BCUT2D eigenvalue weighted by Gasteiger charge is -2.23. The molecule has 14 heavy (non-hydrogen) atoms. The first-order valence-electron chi connectivity index (χ1n) is 5.60. The third kappa shape index (κ3) is 3.56. The number of ether oxygens (including phenoxy) is 1. The zero-order valence-corrected chi connectivity index (χ0v) is 9.55. The van der Waals surface area contributed by atoms with E-state index in [0.717, 1.165) is 26.0 Å². The lowest BCUT2D eigenvalue weighted by Crippen LogP contribution is -2.40. The van der Waals surface area contributed by atoms with Gasteiger partial charge in [-0.25, -0.2) is 0 Å². The van der Waals surface area contributed by atoms with Crippen molar-refractivity contribution in [1.29, 1.82) is 0 Å². The maximum Gasteiger partial charge on any atom is 0.0740 e. The summed E-state index contributed by atoms with van der Waals surface area (Å²) in [4.78, 5) is 0. The Morgan fingerprint density at radius 1 is 1.57 bits per heavy atom. The SMILES string of the molecule is CCC(C)(O)CNCC1CCOC1C. The predicted molar refractivity (Wildman–Crippen MR) is 57.3 cm³/mol. The zero-order valence-electron chi connectivity index (χ0n) is 9.55. The molecule has 1 rings (SSSR count). The fourth-order valence-electron chi connectivity index (χ4n) is 1.70. The van der Waals surface area contributed by atoms with Gasteiger partial charge in [-0.2, -0.15) is 0 Å². The normalized spacial score (nSPS) is 31.7. The van der Waals surface area contributed by atoms with Crippen LogP contribution in [-0.2, 0) is 4.74 Å². The molecule has 0 aromatic rings. The quantitative estimate of drug-likeness (QED) is 0.701. The van der Waals surface area contributed by atoms with E-state index in [1.54, 1.807) is 0 Å². The highest BCUT2D eigenvalue weighted by molar-refractivity contribution is 4.78. The second-order valence-electron chi connectivity index (χ2n) is 4.61. The highest BCUT2D eigenvalue weighted by Crippen LogP contribution is 2.19. The summed E-state index contributed by atoms with van der Waals surface area (Å²) in [7, 11) is 0. The minimum atomic E-state index is -0.567. The molecule has 3 heteroatoms. The van der Waals surface area contributed by atoms with Crippen LogP contribution in [0.3, 0.4) is 0 Å². The summed E-state index contributed by atoms with van der Waals surface area (Å²) in [6, 6.07) is 0. The average molecular weight is 201 g/mol. The Morgan fingerprint density at radius 3 is 2.79 bits per heavy atom. The van der Waals surface area contributed by atoms with Crippen LogP contribution in [0.5, 0.6) is 0 Å². The molecule has 0 aliphatic carbocycles. The molecule has 1 saturated heterocycles. The van der Waals surface area contributed by atoms with Crippen molar-refractivity contribution in [3.63, 3.8) is 0 Å². The molecule has 1 fully saturated rings. The summed E-state index contributed by atoms with van der Waals surface area (Å²) in [5.41, 5.74) is -0.567. The molecule has 3 atom stereocenters. The smallest absolute Gasteiger partial charge is 0.0740 e. The van der Waals surface area contributed by atoms with Crippen LogP contribution >= 0.6 is 0 Å². The average Bonchev–Trinajstić information content (AvgIpc) is 2.52. The summed E-state index contributed by atoms with van der Waals surface area (Å²) in [6.07, 6.45) is 2.30. The van der Waals surface area contributed by atoms with E-state index in [4.69, 9.17) is 4.74 Å². The Kier molecular flexibility index (Phi) is 4.35. The molecule has 0 saturated carbocycles. The molecule has 3 unspecified atom stereocenters. The van der Waals surface area contributed by atoms with Crippen molar-refractivity contribution in [1.82, 2.24) is 5.32 Å². The molecule has 2 N–H and O–H groups in total. The summed E-state index contributed by atoms with van der Waals surface area (Å²) >= 11 is 0. The Balaban J connectivity index is 2.15. The molecule has 0 amide bonds. The third-order valence-electron chi connectivity index (χ3n) is 3.21. The van der Waals surface area contributed by atoms with Crippen LogP contribution in [0.4, 0.5) is 0 Å². The fourth-order valence-corrected chi connectivity index (χ4v) is 1.70. The number of hydrogen-bond acceptors (Lipinski definition) is 3. The molecule has 0 aromatic heterocycles. The van der Waals surface area contributed by atoms with Gasteiger partial charge in [-0.1, -0.05) is 6.92 Å². The van der Waals surface area contributed by atoms with E-state index >= 15 is 0 Å². The van der Waals surface area contributed by atoms with Crippen molar-refractivity contribution in [2.75, 3.05) is 19.7 Å². The molecule has 0 aromatic carbocycles. The second kappa shape index (κ2) is 5.10. The lowest BCUT2D eigenvalue weighted by atomic mass is 10.0. The number of rotatable bonds is 5. The molecular weight excluding hydrogens is 178 g/mol. The van der Waals surface area contributed by atoms with Gasteiger partial charge in [-0.15, -0.1) is 0 Å². The van der Waals surface area contributed by atoms with Gasteiger partial charge in [0.15, 0.2) is 0 Å². The standard InChI is InChI=1S/C11H23NO2/c1-4-11(3,13)8-12-7-10-5-6-14-9(10)2/h9-10,12-13H,4-8H2,1-3H3. The van der Waals surface area contributed by atoms with Crippen LogP contribution in [-0.4, -0.2) is 36.5 Å². The zero-order chi connectivity index (χ0) is 10.6. The van der Waals surface area contributed by atoms with Crippen LogP contribution in [0, 0.1) is 5.92 Å². The Bertz CT molecular complexity index is 171. The van der Waals surface area contributed by atoms with E-state index in [2.05, 4.69) is 12.2 Å². The van der Waals surface area contributed by atoms with E-state index < -0.39 is 5.60 Å². The van der Waals surface area contributed by atoms with E-state index in [1.807, 2.05) is 13.8 Å². The van der Waals surface area contributed by atoms with Crippen LogP contribution in [0.15, 0.2) is 0 Å². The van der Waals surface area contributed by atoms with Gasteiger partial charge >= 0.3 is 0 Å². The second-order valence-corrected chi connectivity index (χ2v) is 4.61. The number of hydrogen-bond donors (Lipinski definition) is 2. The van der Waals surface area contributed by atoms with Gasteiger partial charge in [0.2, 0.25) is 0 Å². The first-order chi connectivity index (χ1) is 6.55. The highest BCUT2D eigenvalue weighted by Gasteiger charge is 2.24. The van der Waals surface area contributed by atoms with Gasteiger partial charge in [0, 0.05) is 19.7 Å². The van der Waals surface area contributed by atoms with Crippen molar-refractivity contribution in [2.45, 2.75) is 45.3 Å². The lowest BCUT2D eigenvalue weighted by molar-refractivity contribution is 0.0526. The van der Waals surface area contributed by atoms with E-state index in [0.29, 0.717) is 18.6 Å². The van der Waals surface area contributed by atoms with Crippen molar-refractivity contribution >= 4 is 0 Å². The highest BCUT2D eigenvalue weighted by atomic mass is 16.5. The van der Waals surface area contributed by atoms with Crippen LogP contribution in [0.2, 0.25) is 0 Å². The summed E-state index contributed by atoms with van der Waals surface area (Å²) < 4.78 is 5.47. The minimum Gasteiger partial charge on any atom is -0.389 e. The van der Waals surface area contributed by atoms with Crippen LogP contribution in [0.25, 0.3) is 0 Å². The third-order valence-corrected chi connectivity index (χ3v) is 3.21. The van der Waals surface area contributed by atoms with Gasteiger partial charge in [-0.05, 0) is 32.6 Å². The summed E-state index contributed by atoms with van der Waals surface area (Å²) in [5, 5.41) is 13.1. The predicted octanol–water partition coefficient (Wildman–Crippen LogP) is 1.16. The van der Waals surface area contributed by atoms with Gasteiger partial charge in [0.1, 0.15) is 0 Å². The molecular formula is C11H23NO2. The Morgan fingerprint density at radius 2 is 2.29 bits per heavy atom. The van der Waals surface area contributed by atoms with Crippen molar-refractivity contribution in [2.24, 2.45) is 5.92 Å². The van der Waals surface area contributed by atoms with Crippen LogP contribution in [0.1, 0.15) is 33.6 Å². The molecule has 3 nitrogen and oxygen atoms in total. The minimum absolute atomic E-state index is 0.370. The Labute approximate surface area is 86.8 Å². The maximum absolute atomic E-state index is 9.77. The van der Waals surface area contributed by atoms with Crippen molar-refractivity contribution in [3.05, 3.63) is 0 Å². The van der Waals surface area contributed by atoms with Gasteiger partial charge < -0.3 is 15.2 Å². The van der Waals surface area contributed by atoms with E-state index in [9.17, 15) is 5.11 Å².